The first-order chi connectivity index (χ1) is 13.9. The summed E-state index contributed by atoms with van der Waals surface area (Å²) in [7, 11) is 0. The molecule has 0 saturated carbocycles. The Morgan fingerprint density at radius 3 is 1.87 bits per heavy atom. The van der Waals surface area contributed by atoms with Crippen LogP contribution in [-0.4, -0.2) is 24.5 Å². The fourth-order valence-corrected chi connectivity index (χ4v) is 2.51. The quantitative estimate of drug-likeness (QED) is 0.471. The molecule has 0 radical (unpaired) electrons. The molecule has 0 amide bonds. The number of ether oxygens (including phenoxy) is 2. The maximum absolute atomic E-state index is 13.0. The number of aliphatic hydroxyl groups excluding tert-OH is 1. The van der Waals surface area contributed by atoms with Crippen LogP contribution in [0.1, 0.15) is 28.4 Å². The van der Waals surface area contributed by atoms with Gasteiger partial charge in [0.1, 0.15) is 11.9 Å². The molecule has 0 aliphatic rings. The molecule has 166 valence electrons. The summed E-state index contributed by atoms with van der Waals surface area (Å²) in [5.74, 6) is -0.574. The first-order valence-electron chi connectivity index (χ1n) is 8.57. The van der Waals surface area contributed by atoms with Crippen molar-refractivity contribution >= 4 is 0 Å². The summed E-state index contributed by atoms with van der Waals surface area (Å²) in [4.78, 5) is 0. The lowest BCUT2D eigenvalue weighted by Crippen LogP contribution is -2.28. The zero-order chi connectivity index (χ0) is 22.5. The molecular weight excluding hydrogens is 423 g/mol. The summed E-state index contributed by atoms with van der Waals surface area (Å²) in [6, 6.07) is 5.60. The Labute approximate surface area is 167 Å². The van der Waals surface area contributed by atoms with Crippen LogP contribution in [0.4, 0.5) is 30.7 Å². The Kier molecular flexibility index (Phi) is 7.81. The minimum atomic E-state index is -5.00. The molecule has 0 unspecified atom stereocenters. The number of nitrogens with two attached hydrogens (primary N) is 1. The van der Waals surface area contributed by atoms with Crippen LogP contribution in [-0.2, 0) is 28.4 Å². The maximum atomic E-state index is 13.0. The lowest BCUT2D eigenvalue weighted by Gasteiger charge is -2.24. The van der Waals surface area contributed by atoms with Crippen molar-refractivity contribution in [3.05, 3.63) is 70.5 Å². The van der Waals surface area contributed by atoms with Crippen LogP contribution in [0.5, 0.6) is 0 Å². The van der Waals surface area contributed by atoms with Crippen molar-refractivity contribution in [3.63, 3.8) is 0 Å². The van der Waals surface area contributed by atoms with Crippen LogP contribution in [0.3, 0.4) is 0 Å². The van der Waals surface area contributed by atoms with Crippen molar-refractivity contribution in [2.45, 2.75) is 31.4 Å². The van der Waals surface area contributed by atoms with E-state index in [1.807, 2.05) is 0 Å². The molecule has 11 heteroatoms. The van der Waals surface area contributed by atoms with Crippen LogP contribution in [0, 0.1) is 5.82 Å². The second-order valence-corrected chi connectivity index (χ2v) is 6.25. The Morgan fingerprint density at radius 1 is 0.867 bits per heavy atom. The third kappa shape index (κ3) is 6.66. The molecular formula is C19H18F7NO3. The summed E-state index contributed by atoms with van der Waals surface area (Å²) in [5.41, 5.74) is 2.07. The van der Waals surface area contributed by atoms with Crippen molar-refractivity contribution in [2.75, 3.05) is 13.2 Å². The number of rotatable bonds is 8. The fourth-order valence-electron chi connectivity index (χ4n) is 2.51. The molecule has 0 aromatic heterocycles. The number of alkyl halides is 6. The number of hydrogen-bond donors (Lipinski definition) is 2. The monoisotopic (exact) mass is 441 g/mol. The maximum Gasteiger partial charge on any atom is 0.416 e. The van der Waals surface area contributed by atoms with Gasteiger partial charge >= 0.3 is 12.4 Å². The van der Waals surface area contributed by atoms with Gasteiger partial charge in [-0.2, -0.15) is 26.3 Å². The van der Waals surface area contributed by atoms with Crippen LogP contribution in [0.2, 0.25) is 0 Å². The highest BCUT2D eigenvalue weighted by Gasteiger charge is 2.37. The Balaban J connectivity index is 2.26. The summed E-state index contributed by atoms with van der Waals surface area (Å²) >= 11 is 0. The van der Waals surface area contributed by atoms with E-state index in [1.54, 1.807) is 0 Å². The molecule has 0 saturated heterocycles. The molecule has 0 fully saturated rings. The van der Waals surface area contributed by atoms with E-state index < -0.39 is 53.9 Å². The van der Waals surface area contributed by atoms with Crippen LogP contribution in [0.15, 0.2) is 42.5 Å². The standard InChI is InChI=1S/C19H18F7NO3/c20-15-3-1-12(2-4-15)16(28)17(29-6-5-27)30-10-11-7-13(18(21,22)23)9-14(8-11)19(24,25)26/h1-4,7-9,16-17,28H,5-6,10,27H2/t16-,17+/m0/s1. The largest absolute Gasteiger partial charge is 0.416 e. The molecule has 2 aromatic carbocycles. The first kappa shape index (κ1) is 24.1. The van der Waals surface area contributed by atoms with Crippen molar-refractivity contribution in [1.29, 1.82) is 0 Å². The van der Waals surface area contributed by atoms with E-state index in [2.05, 4.69) is 0 Å². The highest BCUT2D eigenvalue weighted by Crippen LogP contribution is 2.36. The Hall–Kier alpha value is -2.21. The fraction of sp³-hybridized carbons (Fsp3) is 0.368. The average Bonchev–Trinajstić information content (AvgIpc) is 2.66. The van der Waals surface area contributed by atoms with Gasteiger partial charge in [-0.05, 0) is 41.5 Å². The molecule has 0 heterocycles. The van der Waals surface area contributed by atoms with Gasteiger partial charge in [-0.3, -0.25) is 0 Å². The molecule has 0 aliphatic carbocycles. The van der Waals surface area contributed by atoms with Gasteiger partial charge in [-0.1, -0.05) is 12.1 Å². The van der Waals surface area contributed by atoms with Crippen LogP contribution in [0.25, 0.3) is 0 Å². The summed E-state index contributed by atoms with van der Waals surface area (Å²) in [5, 5.41) is 10.4. The van der Waals surface area contributed by atoms with E-state index in [0.717, 1.165) is 12.1 Å². The zero-order valence-electron chi connectivity index (χ0n) is 15.3. The van der Waals surface area contributed by atoms with Gasteiger partial charge in [0.05, 0.1) is 24.3 Å². The molecule has 0 spiro atoms. The average molecular weight is 441 g/mol. The van der Waals surface area contributed by atoms with Crippen molar-refractivity contribution in [1.82, 2.24) is 0 Å². The summed E-state index contributed by atoms with van der Waals surface area (Å²) in [6.07, 6.45) is -13.0. The SMILES string of the molecule is NCCO[C@H](OCc1cc(C(F)(F)F)cc(C(F)(F)F)c1)[C@@H](O)c1ccc(F)cc1. The topological polar surface area (TPSA) is 64.7 Å². The lowest BCUT2D eigenvalue weighted by atomic mass is 10.0. The van der Waals surface area contributed by atoms with Gasteiger partial charge in [0.2, 0.25) is 0 Å². The molecule has 0 aliphatic heterocycles. The first-order valence-corrected chi connectivity index (χ1v) is 8.57. The molecule has 3 N–H and O–H groups in total. The number of aliphatic hydroxyl groups is 1. The molecule has 0 bridgehead atoms. The smallest absolute Gasteiger partial charge is 0.383 e. The van der Waals surface area contributed by atoms with Crippen molar-refractivity contribution < 1.29 is 45.3 Å². The van der Waals surface area contributed by atoms with Crippen LogP contribution < -0.4 is 5.73 Å². The van der Waals surface area contributed by atoms with E-state index >= 15 is 0 Å². The normalized spacial score (nSPS) is 14.6. The van der Waals surface area contributed by atoms with Gasteiger partial charge in [0.25, 0.3) is 0 Å². The van der Waals surface area contributed by atoms with Gasteiger partial charge in [0.15, 0.2) is 6.29 Å². The van der Waals surface area contributed by atoms with E-state index in [4.69, 9.17) is 15.2 Å². The Morgan fingerprint density at radius 2 is 1.40 bits per heavy atom. The number of benzene rings is 2. The van der Waals surface area contributed by atoms with E-state index in [1.165, 1.54) is 12.1 Å². The highest BCUT2D eigenvalue weighted by molar-refractivity contribution is 5.33. The molecule has 30 heavy (non-hydrogen) atoms. The predicted octanol–water partition coefficient (Wildman–Crippen LogP) is 4.41. The molecule has 2 atom stereocenters. The second-order valence-electron chi connectivity index (χ2n) is 6.25. The minimum absolute atomic E-state index is 0.000727. The zero-order valence-corrected chi connectivity index (χ0v) is 15.3. The molecule has 2 rings (SSSR count). The van der Waals surface area contributed by atoms with Crippen molar-refractivity contribution in [2.24, 2.45) is 5.73 Å². The number of halogens is 7. The van der Waals surface area contributed by atoms with E-state index in [9.17, 15) is 35.8 Å². The van der Waals surface area contributed by atoms with Crippen LogP contribution >= 0.6 is 0 Å². The van der Waals surface area contributed by atoms with Gasteiger partial charge in [0, 0.05) is 6.54 Å². The summed E-state index contributed by atoms with van der Waals surface area (Å²) < 4.78 is 101. The second kappa shape index (κ2) is 9.73. The Bertz CT molecular complexity index is 790. The van der Waals surface area contributed by atoms with E-state index in [0.29, 0.717) is 12.1 Å². The van der Waals surface area contributed by atoms with Gasteiger partial charge < -0.3 is 20.3 Å². The predicted molar refractivity (Wildman–Crippen MR) is 91.4 cm³/mol. The van der Waals surface area contributed by atoms with Gasteiger partial charge in [-0.25, -0.2) is 4.39 Å². The summed E-state index contributed by atoms with van der Waals surface area (Å²) in [6.45, 7) is -0.822. The lowest BCUT2D eigenvalue weighted by molar-refractivity contribution is -0.201. The molecule has 2 aromatic rings. The third-order valence-corrected chi connectivity index (χ3v) is 3.93. The highest BCUT2D eigenvalue weighted by atomic mass is 19.4. The third-order valence-electron chi connectivity index (χ3n) is 3.93. The molecule has 4 nitrogen and oxygen atoms in total. The number of hydrogen-bond acceptors (Lipinski definition) is 4. The van der Waals surface area contributed by atoms with E-state index in [-0.39, 0.29) is 24.8 Å². The van der Waals surface area contributed by atoms with Gasteiger partial charge in [-0.15, -0.1) is 0 Å². The van der Waals surface area contributed by atoms with Crippen molar-refractivity contribution in [3.8, 4) is 0 Å². The minimum Gasteiger partial charge on any atom is -0.383 e.